The van der Waals surface area contributed by atoms with Crippen molar-refractivity contribution in [2.45, 2.75) is 26.3 Å². The van der Waals surface area contributed by atoms with Crippen LogP contribution in [0.1, 0.15) is 47.1 Å². The number of hydrogen-bond donors (Lipinski definition) is 1. The molecule has 1 atom stereocenters. The Morgan fingerprint density at radius 3 is 2.13 bits per heavy atom. The van der Waals surface area contributed by atoms with E-state index in [1.54, 1.807) is 14.2 Å². The van der Waals surface area contributed by atoms with Crippen LogP contribution >= 0.6 is 0 Å². The molecule has 0 fully saturated rings. The van der Waals surface area contributed by atoms with Gasteiger partial charge in [-0.15, -0.1) is 0 Å². The number of carbonyl (C=O) groups is 1. The van der Waals surface area contributed by atoms with E-state index in [0.29, 0.717) is 43.4 Å². The van der Waals surface area contributed by atoms with Crippen LogP contribution in [0.25, 0.3) is 11.3 Å². The Labute approximate surface area is 228 Å². The number of carbonyl (C=O) groups excluding carboxylic acids is 1. The summed E-state index contributed by atoms with van der Waals surface area (Å²) in [5.74, 6) is 2.81. The number of nitrogens with zero attached hydrogens (tertiary/aromatic N) is 2. The quantitative estimate of drug-likeness (QED) is 0.270. The first kappa shape index (κ1) is 26.2. The van der Waals surface area contributed by atoms with Gasteiger partial charge in [0.05, 0.1) is 39.2 Å². The summed E-state index contributed by atoms with van der Waals surface area (Å²) >= 11 is 0. The van der Waals surface area contributed by atoms with Gasteiger partial charge in [0.2, 0.25) is 0 Å². The number of amides is 1. The number of H-pyrrole nitrogens is 1. The molecule has 1 aliphatic heterocycles. The zero-order valence-electron chi connectivity index (χ0n) is 22.7. The van der Waals surface area contributed by atoms with E-state index in [9.17, 15) is 4.79 Å². The van der Waals surface area contributed by atoms with Crippen molar-refractivity contribution in [1.29, 1.82) is 0 Å². The molecule has 4 aromatic rings. The molecule has 39 heavy (non-hydrogen) atoms. The van der Waals surface area contributed by atoms with Gasteiger partial charge in [-0.2, -0.15) is 5.10 Å². The van der Waals surface area contributed by atoms with Gasteiger partial charge in [0, 0.05) is 17.7 Å². The number of aromatic amines is 1. The normalized spacial score (nSPS) is 14.3. The van der Waals surface area contributed by atoms with E-state index in [-0.39, 0.29) is 11.9 Å². The molecule has 5 rings (SSSR count). The highest BCUT2D eigenvalue weighted by molar-refractivity contribution is 6.00. The standard InChI is InChI=1S/C31H33N3O5/c1-5-38-25-16-11-22(19-26(25)39-6-2)30-27-28(21-9-14-24(37-4)15-10-21)32-33-29(27)31(35)34(30)18-17-20-7-12-23(36-3)13-8-20/h7-16,19,30H,5-6,17-18H2,1-4H3,(H,32,33). The summed E-state index contributed by atoms with van der Waals surface area (Å²) < 4.78 is 22.4. The Bertz CT molecular complexity index is 1430. The molecule has 1 aromatic heterocycles. The molecule has 0 aliphatic carbocycles. The lowest BCUT2D eigenvalue weighted by atomic mass is 9.95. The fourth-order valence-electron chi connectivity index (χ4n) is 5.02. The minimum Gasteiger partial charge on any atom is -0.497 e. The van der Waals surface area contributed by atoms with Gasteiger partial charge in [-0.3, -0.25) is 9.89 Å². The third-order valence-corrected chi connectivity index (χ3v) is 6.91. The fourth-order valence-corrected chi connectivity index (χ4v) is 5.02. The minimum atomic E-state index is -0.350. The number of hydrogen-bond acceptors (Lipinski definition) is 6. The lowest BCUT2D eigenvalue weighted by Gasteiger charge is -2.27. The van der Waals surface area contributed by atoms with E-state index in [1.165, 1.54) is 0 Å². The topological polar surface area (TPSA) is 85.9 Å². The number of benzene rings is 3. The Hall–Kier alpha value is -4.46. The number of rotatable bonds is 11. The van der Waals surface area contributed by atoms with Crippen molar-refractivity contribution >= 4 is 5.91 Å². The van der Waals surface area contributed by atoms with E-state index in [1.807, 2.05) is 85.5 Å². The maximum Gasteiger partial charge on any atom is 0.273 e. The maximum absolute atomic E-state index is 13.8. The van der Waals surface area contributed by atoms with Gasteiger partial charge in [-0.1, -0.05) is 18.2 Å². The zero-order valence-corrected chi connectivity index (χ0v) is 22.7. The first-order valence-corrected chi connectivity index (χ1v) is 13.1. The first-order valence-electron chi connectivity index (χ1n) is 13.1. The van der Waals surface area contributed by atoms with Gasteiger partial charge in [-0.05, 0) is 79.9 Å². The Morgan fingerprint density at radius 1 is 0.846 bits per heavy atom. The zero-order chi connectivity index (χ0) is 27.4. The third-order valence-electron chi connectivity index (χ3n) is 6.91. The number of ether oxygens (including phenoxy) is 4. The monoisotopic (exact) mass is 527 g/mol. The molecule has 1 aliphatic rings. The average Bonchev–Trinajstić information content (AvgIpc) is 3.52. The first-order chi connectivity index (χ1) is 19.1. The maximum atomic E-state index is 13.8. The molecule has 3 aromatic carbocycles. The van der Waals surface area contributed by atoms with Crippen LogP contribution in [0.4, 0.5) is 0 Å². The summed E-state index contributed by atoms with van der Waals surface area (Å²) in [6.45, 7) is 5.44. The molecule has 0 spiro atoms. The van der Waals surface area contributed by atoms with E-state index in [0.717, 1.165) is 39.4 Å². The predicted octanol–water partition coefficient (Wildman–Crippen LogP) is 5.68. The Morgan fingerprint density at radius 2 is 1.49 bits per heavy atom. The number of fused-ring (bicyclic) bond motifs is 1. The molecule has 8 heteroatoms. The molecule has 1 unspecified atom stereocenters. The summed E-state index contributed by atoms with van der Waals surface area (Å²) in [7, 11) is 3.29. The second-order valence-corrected chi connectivity index (χ2v) is 9.16. The highest BCUT2D eigenvalue weighted by atomic mass is 16.5. The predicted molar refractivity (Wildman–Crippen MR) is 149 cm³/mol. The summed E-state index contributed by atoms with van der Waals surface area (Å²) in [5, 5.41) is 7.62. The summed E-state index contributed by atoms with van der Waals surface area (Å²) in [4.78, 5) is 15.7. The molecule has 2 heterocycles. The highest BCUT2D eigenvalue weighted by Gasteiger charge is 2.42. The summed E-state index contributed by atoms with van der Waals surface area (Å²) in [6, 6.07) is 21.2. The van der Waals surface area contributed by atoms with Crippen molar-refractivity contribution in [3.8, 4) is 34.3 Å². The lowest BCUT2D eigenvalue weighted by molar-refractivity contribution is 0.0745. The van der Waals surface area contributed by atoms with Crippen molar-refractivity contribution in [2.75, 3.05) is 34.0 Å². The lowest BCUT2D eigenvalue weighted by Crippen LogP contribution is -2.31. The van der Waals surface area contributed by atoms with Crippen LogP contribution in [0.2, 0.25) is 0 Å². The molecule has 8 nitrogen and oxygen atoms in total. The molecular weight excluding hydrogens is 494 g/mol. The molecule has 0 saturated carbocycles. The van der Waals surface area contributed by atoms with Crippen LogP contribution in [-0.2, 0) is 6.42 Å². The molecule has 0 radical (unpaired) electrons. The smallest absolute Gasteiger partial charge is 0.273 e. The molecule has 202 valence electrons. The van der Waals surface area contributed by atoms with E-state index < -0.39 is 0 Å². The summed E-state index contributed by atoms with van der Waals surface area (Å²) in [5.41, 5.74) is 5.05. The average molecular weight is 528 g/mol. The van der Waals surface area contributed by atoms with E-state index in [4.69, 9.17) is 18.9 Å². The van der Waals surface area contributed by atoms with Gasteiger partial charge >= 0.3 is 0 Å². The van der Waals surface area contributed by atoms with Crippen molar-refractivity contribution in [3.63, 3.8) is 0 Å². The highest BCUT2D eigenvalue weighted by Crippen LogP contribution is 2.44. The number of nitrogens with one attached hydrogen (secondary N) is 1. The van der Waals surface area contributed by atoms with Crippen LogP contribution in [0.15, 0.2) is 66.7 Å². The van der Waals surface area contributed by atoms with Crippen LogP contribution in [0, 0.1) is 0 Å². The van der Waals surface area contributed by atoms with Crippen LogP contribution in [0.5, 0.6) is 23.0 Å². The van der Waals surface area contributed by atoms with Crippen LogP contribution < -0.4 is 18.9 Å². The van der Waals surface area contributed by atoms with Crippen molar-refractivity contribution < 1.29 is 23.7 Å². The second kappa shape index (κ2) is 11.5. The fraction of sp³-hybridized carbons (Fsp3) is 0.290. The van der Waals surface area contributed by atoms with Gasteiger partial charge in [-0.25, -0.2) is 0 Å². The second-order valence-electron chi connectivity index (χ2n) is 9.16. The van der Waals surface area contributed by atoms with E-state index >= 15 is 0 Å². The Balaban J connectivity index is 1.56. The summed E-state index contributed by atoms with van der Waals surface area (Å²) in [6.07, 6.45) is 0.692. The van der Waals surface area contributed by atoms with Crippen LogP contribution in [0.3, 0.4) is 0 Å². The van der Waals surface area contributed by atoms with Crippen LogP contribution in [-0.4, -0.2) is 55.0 Å². The largest absolute Gasteiger partial charge is 0.497 e. The Kier molecular flexibility index (Phi) is 7.72. The van der Waals surface area contributed by atoms with Gasteiger partial charge in [0.25, 0.3) is 5.91 Å². The van der Waals surface area contributed by atoms with Crippen molar-refractivity contribution in [1.82, 2.24) is 15.1 Å². The molecule has 1 N–H and O–H groups in total. The van der Waals surface area contributed by atoms with Crippen molar-refractivity contribution in [3.05, 3.63) is 89.1 Å². The van der Waals surface area contributed by atoms with Gasteiger partial charge < -0.3 is 23.8 Å². The minimum absolute atomic E-state index is 0.0809. The van der Waals surface area contributed by atoms with E-state index in [2.05, 4.69) is 10.2 Å². The molecule has 0 saturated heterocycles. The molecule has 0 bridgehead atoms. The number of methoxy groups -OCH3 is 2. The number of aromatic nitrogens is 2. The molecular formula is C31H33N3O5. The third kappa shape index (κ3) is 5.14. The van der Waals surface area contributed by atoms with Crippen molar-refractivity contribution in [2.24, 2.45) is 0 Å². The van der Waals surface area contributed by atoms with Gasteiger partial charge in [0.1, 0.15) is 17.2 Å². The SMILES string of the molecule is CCOc1ccc(C2c3c(-c4ccc(OC)cc4)n[nH]c3C(=O)N2CCc2ccc(OC)cc2)cc1OCC. The molecule has 1 amide bonds. The van der Waals surface area contributed by atoms with Gasteiger partial charge in [0.15, 0.2) is 11.5 Å².